The van der Waals surface area contributed by atoms with Gasteiger partial charge in [-0.3, -0.25) is 0 Å². The van der Waals surface area contributed by atoms with Crippen LogP contribution in [0.1, 0.15) is 18.7 Å². The Labute approximate surface area is 120 Å². The summed E-state index contributed by atoms with van der Waals surface area (Å²) in [6.45, 7) is 2.02. The summed E-state index contributed by atoms with van der Waals surface area (Å²) in [5.41, 5.74) is 5.64. The lowest BCUT2D eigenvalue weighted by Gasteiger charge is -2.33. The van der Waals surface area contributed by atoms with Crippen molar-refractivity contribution in [2.75, 3.05) is 26.7 Å². The zero-order valence-electron chi connectivity index (χ0n) is 12.1. The second kappa shape index (κ2) is 6.21. The number of hydrogen-bond acceptors (Lipinski definition) is 4. The number of hydrogen-bond donors (Lipinski definition) is 1. The molecular weight excluding hydrogens is 278 g/mol. The lowest BCUT2D eigenvalue weighted by molar-refractivity contribution is 0.261. The van der Waals surface area contributed by atoms with Crippen molar-refractivity contribution >= 4 is 10.2 Å². The van der Waals surface area contributed by atoms with E-state index >= 15 is 0 Å². The van der Waals surface area contributed by atoms with Gasteiger partial charge in [-0.1, -0.05) is 0 Å². The molecule has 114 valence electrons. The Bertz CT molecular complexity index is 534. The summed E-state index contributed by atoms with van der Waals surface area (Å²) < 4.78 is 29.7. The highest BCUT2D eigenvalue weighted by Gasteiger charge is 2.31. The Kier molecular flexibility index (Phi) is 4.79. The van der Waals surface area contributed by atoms with Gasteiger partial charge < -0.3 is 10.3 Å². The van der Waals surface area contributed by atoms with Crippen LogP contribution >= 0.6 is 0 Å². The van der Waals surface area contributed by atoms with Gasteiger partial charge in [-0.2, -0.15) is 17.0 Å². The molecule has 0 atom stereocenters. The van der Waals surface area contributed by atoms with Gasteiger partial charge in [0.15, 0.2) is 0 Å². The second-order valence-corrected chi connectivity index (χ2v) is 7.33. The average Bonchev–Trinajstić information content (AvgIpc) is 2.84. The van der Waals surface area contributed by atoms with E-state index in [1.807, 2.05) is 17.8 Å². The molecule has 0 radical (unpaired) electrons. The van der Waals surface area contributed by atoms with Crippen LogP contribution < -0.4 is 5.73 Å². The highest BCUT2D eigenvalue weighted by atomic mass is 32.2. The van der Waals surface area contributed by atoms with Crippen molar-refractivity contribution in [3.05, 3.63) is 18.2 Å². The third kappa shape index (κ3) is 3.20. The summed E-state index contributed by atoms with van der Waals surface area (Å²) in [4.78, 5) is 4.16. The zero-order valence-corrected chi connectivity index (χ0v) is 12.9. The SMILES string of the molecule is CN(Cc1nccn1C)S(=O)(=O)N1CCC(CN)CC1. The Hall–Kier alpha value is -0.960. The van der Waals surface area contributed by atoms with Gasteiger partial charge in [-0.25, -0.2) is 4.98 Å². The third-order valence-corrected chi connectivity index (χ3v) is 5.85. The zero-order chi connectivity index (χ0) is 14.8. The van der Waals surface area contributed by atoms with E-state index in [9.17, 15) is 8.42 Å². The number of nitrogens with two attached hydrogens (primary N) is 1. The van der Waals surface area contributed by atoms with E-state index in [1.165, 1.54) is 4.31 Å². The van der Waals surface area contributed by atoms with E-state index in [4.69, 9.17) is 5.73 Å². The van der Waals surface area contributed by atoms with Crippen LogP contribution in [0.15, 0.2) is 12.4 Å². The Balaban J connectivity index is 2.01. The van der Waals surface area contributed by atoms with Crippen LogP contribution in [-0.2, 0) is 23.8 Å². The number of aryl methyl sites for hydroxylation is 1. The monoisotopic (exact) mass is 301 g/mol. The quantitative estimate of drug-likeness (QED) is 0.814. The molecule has 2 rings (SSSR count). The molecule has 1 saturated heterocycles. The van der Waals surface area contributed by atoms with Crippen LogP contribution in [0.5, 0.6) is 0 Å². The Morgan fingerprint density at radius 2 is 2.10 bits per heavy atom. The first-order valence-corrected chi connectivity index (χ1v) is 8.22. The topological polar surface area (TPSA) is 84.5 Å². The van der Waals surface area contributed by atoms with Gasteiger partial charge in [0.25, 0.3) is 10.2 Å². The maximum atomic E-state index is 12.5. The first-order chi connectivity index (χ1) is 9.45. The van der Waals surface area contributed by atoms with Crippen molar-refractivity contribution in [2.45, 2.75) is 19.4 Å². The summed E-state index contributed by atoms with van der Waals surface area (Å²) in [6, 6.07) is 0. The van der Waals surface area contributed by atoms with Crippen molar-refractivity contribution < 1.29 is 8.42 Å². The van der Waals surface area contributed by atoms with Crippen molar-refractivity contribution in [1.29, 1.82) is 0 Å². The Morgan fingerprint density at radius 3 is 2.60 bits per heavy atom. The van der Waals surface area contributed by atoms with Gasteiger partial charge in [0, 0.05) is 39.6 Å². The molecule has 0 aliphatic carbocycles. The molecule has 1 aliphatic heterocycles. The summed E-state index contributed by atoms with van der Waals surface area (Å²) in [7, 11) is 0.0389. The maximum absolute atomic E-state index is 12.5. The molecule has 2 N–H and O–H groups in total. The van der Waals surface area contributed by atoms with E-state index in [0.717, 1.165) is 18.7 Å². The molecule has 0 unspecified atom stereocenters. The molecular formula is C12H23N5O2S. The van der Waals surface area contributed by atoms with Crippen LogP contribution in [0.3, 0.4) is 0 Å². The minimum absolute atomic E-state index is 0.280. The van der Waals surface area contributed by atoms with Gasteiger partial charge in [0.05, 0.1) is 6.54 Å². The number of nitrogens with zero attached hydrogens (tertiary/aromatic N) is 4. The number of aromatic nitrogens is 2. The highest BCUT2D eigenvalue weighted by Crippen LogP contribution is 2.20. The maximum Gasteiger partial charge on any atom is 0.282 e. The normalized spacial score (nSPS) is 18.8. The van der Waals surface area contributed by atoms with Crippen molar-refractivity contribution in [3.8, 4) is 0 Å². The van der Waals surface area contributed by atoms with E-state index < -0.39 is 10.2 Å². The molecule has 1 aromatic heterocycles. The fourth-order valence-corrected chi connectivity index (χ4v) is 3.75. The van der Waals surface area contributed by atoms with Gasteiger partial charge in [0.2, 0.25) is 0 Å². The molecule has 1 aliphatic rings. The standard InChI is InChI=1S/C12H23N5O2S/c1-15-8-5-14-12(15)10-16(2)20(18,19)17-6-3-11(9-13)4-7-17/h5,8,11H,3-4,6-7,9-10,13H2,1-2H3. The fraction of sp³-hybridized carbons (Fsp3) is 0.750. The number of imidazole rings is 1. The van der Waals surface area contributed by atoms with Crippen LogP contribution in [0.25, 0.3) is 0 Å². The van der Waals surface area contributed by atoms with Crippen LogP contribution in [0.4, 0.5) is 0 Å². The molecule has 0 saturated carbocycles. The largest absolute Gasteiger partial charge is 0.337 e. The predicted molar refractivity (Wildman–Crippen MR) is 76.9 cm³/mol. The third-order valence-electron chi connectivity index (χ3n) is 3.91. The summed E-state index contributed by atoms with van der Waals surface area (Å²) in [6.07, 6.45) is 5.16. The molecule has 7 nitrogen and oxygen atoms in total. The second-order valence-electron chi connectivity index (χ2n) is 5.30. The molecule has 1 fully saturated rings. The van der Waals surface area contributed by atoms with Crippen molar-refractivity contribution in [2.24, 2.45) is 18.7 Å². The van der Waals surface area contributed by atoms with Crippen LogP contribution in [0.2, 0.25) is 0 Å². The lowest BCUT2D eigenvalue weighted by Crippen LogP contribution is -2.46. The molecule has 2 heterocycles. The van der Waals surface area contributed by atoms with Crippen molar-refractivity contribution in [3.63, 3.8) is 0 Å². The lowest BCUT2D eigenvalue weighted by atomic mass is 9.99. The van der Waals surface area contributed by atoms with E-state index in [0.29, 0.717) is 25.6 Å². The average molecular weight is 301 g/mol. The molecule has 1 aromatic rings. The predicted octanol–water partition coefficient (Wildman–Crippen LogP) is -0.233. The first kappa shape index (κ1) is 15.4. The number of rotatable bonds is 5. The smallest absolute Gasteiger partial charge is 0.282 e. The minimum Gasteiger partial charge on any atom is -0.337 e. The van der Waals surface area contributed by atoms with E-state index in [1.54, 1.807) is 17.5 Å². The molecule has 0 spiro atoms. The highest BCUT2D eigenvalue weighted by molar-refractivity contribution is 7.86. The van der Waals surface area contributed by atoms with Gasteiger partial charge in [-0.05, 0) is 25.3 Å². The van der Waals surface area contributed by atoms with Crippen LogP contribution in [0, 0.1) is 5.92 Å². The fourth-order valence-electron chi connectivity index (χ4n) is 2.40. The Morgan fingerprint density at radius 1 is 1.45 bits per heavy atom. The molecule has 0 bridgehead atoms. The van der Waals surface area contributed by atoms with Gasteiger partial charge >= 0.3 is 0 Å². The van der Waals surface area contributed by atoms with E-state index in [2.05, 4.69) is 4.98 Å². The molecule has 20 heavy (non-hydrogen) atoms. The van der Waals surface area contributed by atoms with E-state index in [-0.39, 0.29) is 6.54 Å². The summed E-state index contributed by atoms with van der Waals surface area (Å²) in [5.74, 6) is 1.18. The minimum atomic E-state index is -3.41. The number of piperidine rings is 1. The molecule has 0 aromatic carbocycles. The van der Waals surface area contributed by atoms with Gasteiger partial charge in [0.1, 0.15) is 5.82 Å². The van der Waals surface area contributed by atoms with Gasteiger partial charge in [-0.15, -0.1) is 0 Å². The molecule has 0 amide bonds. The summed E-state index contributed by atoms with van der Waals surface area (Å²) in [5, 5.41) is 0. The molecule has 8 heteroatoms. The van der Waals surface area contributed by atoms with Crippen molar-refractivity contribution in [1.82, 2.24) is 18.2 Å². The van der Waals surface area contributed by atoms with Crippen LogP contribution in [-0.4, -0.2) is 53.3 Å². The first-order valence-electron chi connectivity index (χ1n) is 6.83. The summed E-state index contributed by atoms with van der Waals surface area (Å²) >= 11 is 0.